The van der Waals surface area contributed by atoms with Crippen LogP contribution < -0.4 is 0 Å². The lowest BCUT2D eigenvalue weighted by atomic mass is 10.0. The first-order valence-electron chi connectivity index (χ1n) is 6.13. The van der Waals surface area contributed by atoms with Crippen molar-refractivity contribution in [2.24, 2.45) is 0 Å². The molecule has 0 amide bonds. The fourth-order valence-electron chi connectivity index (χ4n) is 2.30. The molecule has 0 aliphatic rings. The minimum atomic E-state index is -1.00. The summed E-state index contributed by atoms with van der Waals surface area (Å²) in [4.78, 5) is 15.4. The molecule has 4 heteroatoms. The van der Waals surface area contributed by atoms with E-state index in [0.29, 0.717) is 5.65 Å². The lowest BCUT2D eigenvalue weighted by molar-refractivity contribution is 0.0689. The number of benzene rings is 1. The van der Waals surface area contributed by atoms with Crippen LogP contribution >= 0.6 is 0 Å². The maximum Gasteiger partial charge on any atom is 0.354 e. The molecule has 1 N–H and O–H groups in total. The molecule has 0 unspecified atom stereocenters. The highest BCUT2D eigenvalue weighted by molar-refractivity contribution is 5.89. The van der Waals surface area contributed by atoms with E-state index in [-0.39, 0.29) is 5.69 Å². The van der Waals surface area contributed by atoms with Gasteiger partial charge in [-0.05, 0) is 17.2 Å². The van der Waals surface area contributed by atoms with Gasteiger partial charge in [-0.15, -0.1) is 0 Å². The molecule has 0 spiro atoms. The smallest absolute Gasteiger partial charge is 0.354 e. The minimum Gasteiger partial charge on any atom is -0.477 e. The van der Waals surface area contributed by atoms with Crippen molar-refractivity contribution in [3.05, 3.63) is 66.6 Å². The zero-order valence-electron chi connectivity index (χ0n) is 10.7. The summed E-state index contributed by atoms with van der Waals surface area (Å²) in [7, 11) is 0. The highest BCUT2D eigenvalue weighted by Gasteiger charge is 2.14. The van der Waals surface area contributed by atoms with Crippen LogP contribution in [0.25, 0.3) is 22.9 Å². The molecule has 0 aliphatic carbocycles. The van der Waals surface area contributed by atoms with Crippen LogP contribution in [0.1, 0.15) is 16.1 Å². The molecule has 0 saturated carbocycles. The van der Waals surface area contributed by atoms with Crippen molar-refractivity contribution in [3.8, 4) is 11.1 Å². The van der Waals surface area contributed by atoms with E-state index in [1.807, 2.05) is 36.4 Å². The van der Waals surface area contributed by atoms with Gasteiger partial charge in [-0.2, -0.15) is 0 Å². The summed E-state index contributed by atoms with van der Waals surface area (Å²) in [6, 6.07) is 11.8. The second-order valence-corrected chi connectivity index (χ2v) is 4.36. The Morgan fingerprint density at radius 3 is 2.65 bits per heavy atom. The van der Waals surface area contributed by atoms with E-state index in [1.54, 1.807) is 16.7 Å². The van der Waals surface area contributed by atoms with E-state index in [2.05, 4.69) is 11.6 Å². The van der Waals surface area contributed by atoms with Crippen LogP contribution in [-0.4, -0.2) is 20.5 Å². The molecule has 2 aromatic heterocycles. The quantitative estimate of drug-likeness (QED) is 0.789. The third kappa shape index (κ3) is 1.78. The highest BCUT2D eigenvalue weighted by Crippen LogP contribution is 2.27. The number of fused-ring (bicyclic) bond motifs is 1. The summed E-state index contributed by atoms with van der Waals surface area (Å²) < 4.78 is 1.56. The summed E-state index contributed by atoms with van der Waals surface area (Å²) in [5.41, 5.74) is 3.59. The molecular weight excluding hydrogens is 252 g/mol. The van der Waals surface area contributed by atoms with Gasteiger partial charge >= 0.3 is 5.97 Å². The van der Waals surface area contributed by atoms with Crippen LogP contribution in [0, 0.1) is 0 Å². The Kier molecular flexibility index (Phi) is 2.84. The molecule has 3 rings (SSSR count). The normalized spacial score (nSPS) is 10.6. The summed E-state index contributed by atoms with van der Waals surface area (Å²) in [5.74, 6) is -1.00. The molecular formula is C16H12N2O2. The number of aromatic carboxylic acids is 1. The number of hydrogen-bond donors (Lipinski definition) is 1. The van der Waals surface area contributed by atoms with Crippen molar-refractivity contribution in [1.29, 1.82) is 0 Å². The molecule has 0 radical (unpaired) electrons. The Hall–Kier alpha value is -2.88. The number of pyridine rings is 1. The van der Waals surface area contributed by atoms with Crippen LogP contribution in [-0.2, 0) is 0 Å². The van der Waals surface area contributed by atoms with Crippen LogP contribution in [0.3, 0.4) is 0 Å². The number of nitrogens with zero attached hydrogens (tertiary/aromatic N) is 2. The molecule has 20 heavy (non-hydrogen) atoms. The van der Waals surface area contributed by atoms with Gasteiger partial charge in [-0.1, -0.05) is 43.0 Å². The van der Waals surface area contributed by atoms with Crippen molar-refractivity contribution >= 4 is 17.7 Å². The van der Waals surface area contributed by atoms with Gasteiger partial charge < -0.3 is 5.11 Å². The molecule has 3 aromatic rings. The van der Waals surface area contributed by atoms with E-state index in [1.165, 1.54) is 6.20 Å². The Morgan fingerprint density at radius 1 is 1.25 bits per heavy atom. The van der Waals surface area contributed by atoms with Gasteiger partial charge in [-0.3, -0.25) is 4.40 Å². The second kappa shape index (κ2) is 4.66. The molecule has 0 atom stereocenters. The molecule has 0 saturated heterocycles. The number of aromatic nitrogens is 2. The van der Waals surface area contributed by atoms with Gasteiger partial charge in [0, 0.05) is 11.8 Å². The van der Waals surface area contributed by atoms with E-state index >= 15 is 0 Å². The van der Waals surface area contributed by atoms with Crippen molar-refractivity contribution in [1.82, 2.24) is 9.38 Å². The Balaban J connectivity index is 2.31. The van der Waals surface area contributed by atoms with Gasteiger partial charge in [0.1, 0.15) is 5.65 Å². The van der Waals surface area contributed by atoms with Crippen molar-refractivity contribution in [3.63, 3.8) is 0 Å². The van der Waals surface area contributed by atoms with Crippen LogP contribution in [0.5, 0.6) is 0 Å². The number of rotatable bonds is 3. The fraction of sp³-hybridized carbons (Fsp3) is 0. The van der Waals surface area contributed by atoms with Crippen molar-refractivity contribution in [2.75, 3.05) is 0 Å². The van der Waals surface area contributed by atoms with E-state index in [4.69, 9.17) is 5.11 Å². The summed E-state index contributed by atoms with van der Waals surface area (Å²) in [5, 5.41) is 9.13. The third-order valence-corrected chi connectivity index (χ3v) is 3.23. The lowest BCUT2D eigenvalue weighted by Crippen LogP contribution is -2.02. The molecule has 0 fully saturated rings. The second-order valence-electron chi connectivity index (χ2n) is 4.36. The minimum absolute atomic E-state index is 0.141. The van der Waals surface area contributed by atoms with Crippen molar-refractivity contribution < 1.29 is 9.90 Å². The number of carbonyl (C=O) groups is 1. The Labute approximate surface area is 115 Å². The van der Waals surface area contributed by atoms with Crippen LogP contribution in [0.15, 0.2) is 55.4 Å². The van der Waals surface area contributed by atoms with Gasteiger partial charge in [0.05, 0.1) is 6.20 Å². The first-order valence-corrected chi connectivity index (χ1v) is 6.13. The molecule has 0 aliphatic heterocycles. The van der Waals surface area contributed by atoms with E-state index < -0.39 is 5.97 Å². The first kappa shape index (κ1) is 12.2. The lowest BCUT2D eigenvalue weighted by Gasteiger charge is -2.08. The predicted molar refractivity (Wildman–Crippen MR) is 77.7 cm³/mol. The van der Waals surface area contributed by atoms with Gasteiger partial charge in [0.25, 0.3) is 0 Å². The monoisotopic (exact) mass is 264 g/mol. The highest BCUT2D eigenvalue weighted by atomic mass is 16.4. The van der Waals surface area contributed by atoms with E-state index in [0.717, 1.165) is 16.7 Å². The maximum atomic E-state index is 11.1. The zero-order valence-corrected chi connectivity index (χ0v) is 10.7. The molecule has 1 aromatic carbocycles. The largest absolute Gasteiger partial charge is 0.477 e. The van der Waals surface area contributed by atoms with E-state index in [9.17, 15) is 4.79 Å². The number of carboxylic acids is 1. The first-order chi connectivity index (χ1) is 9.72. The molecule has 4 nitrogen and oxygen atoms in total. The van der Waals surface area contributed by atoms with Gasteiger partial charge in [0.15, 0.2) is 5.69 Å². The topological polar surface area (TPSA) is 54.6 Å². The summed E-state index contributed by atoms with van der Waals surface area (Å²) >= 11 is 0. The average Bonchev–Trinajstić information content (AvgIpc) is 2.91. The Morgan fingerprint density at radius 2 is 2.00 bits per heavy atom. The SMILES string of the molecule is C=Cc1c(-c2ccccc2)ccn2c(C(=O)O)cnc12. The number of carboxylic acid groups (broad SMARTS) is 1. The predicted octanol–water partition coefficient (Wildman–Crippen LogP) is 3.34. The Bertz CT molecular complexity index is 804. The molecule has 2 heterocycles. The van der Waals surface area contributed by atoms with Crippen molar-refractivity contribution in [2.45, 2.75) is 0 Å². The molecule has 98 valence electrons. The average molecular weight is 264 g/mol. The fourth-order valence-corrected chi connectivity index (χ4v) is 2.30. The van der Waals surface area contributed by atoms with Gasteiger partial charge in [0.2, 0.25) is 0 Å². The standard InChI is InChI=1S/C16H12N2O2/c1-2-12-13(11-6-4-3-5-7-11)8-9-18-14(16(19)20)10-17-15(12)18/h2-10H,1H2,(H,19,20). The van der Waals surface area contributed by atoms with Crippen LogP contribution in [0.2, 0.25) is 0 Å². The number of imidazole rings is 1. The zero-order chi connectivity index (χ0) is 14.1. The van der Waals surface area contributed by atoms with Gasteiger partial charge in [-0.25, -0.2) is 9.78 Å². The summed E-state index contributed by atoms with van der Waals surface area (Å²) in [6.07, 6.45) is 4.79. The number of hydrogen-bond acceptors (Lipinski definition) is 2. The maximum absolute atomic E-state index is 11.1. The molecule has 0 bridgehead atoms. The summed E-state index contributed by atoms with van der Waals surface area (Å²) in [6.45, 7) is 3.82. The third-order valence-electron chi connectivity index (χ3n) is 3.23. The van der Waals surface area contributed by atoms with Crippen LogP contribution in [0.4, 0.5) is 0 Å².